The van der Waals surface area contributed by atoms with Crippen LogP contribution in [-0.2, 0) is 4.79 Å². The van der Waals surface area contributed by atoms with Gasteiger partial charge in [-0.1, -0.05) is 12.1 Å². The summed E-state index contributed by atoms with van der Waals surface area (Å²) in [5, 5.41) is 12.0. The first-order valence-electron chi connectivity index (χ1n) is 8.25. The largest absolute Gasteiger partial charge is 0.494 e. The summed E-state index contributed by atoms with van der Waals surface area (Å²) < 4.78 is 16.3. The number of benzene rings is 2. The fraction of sp³-hybridized carbons (Fsp3) is 0.200. The van der Waals surface area contributed by atoms with Gasteiger partial charge < -0.3 is 19.5 Å². The summed E-state index contributed by atoms with van der Waals surface area (Å²) >= 11 is 0. The third-order valence-electron chi connectivity index (χ3n) is 3.67. The molecule has 0 aromatic heterocycles. The van der Waals surface area contributed by atoms with Gasteiger partial charge in [0.1, 0.15) is 30.6 Å². The van der Waals surface area contributed by atoms with Crippen molar-refractivity contribution in [3.8, 4) is 23.3 Å². The molecular formula is C20H18N2O4. The SMILES string of the molecule is CCOc1ccc(/C=C(\C#N)C(=O)Nc2ccc3c(c2)OCCO3)cc1. The summed E-state index contributed by atoms with van der Waals surface area (Å²) in [5.41, 5.74) is 1.28. The van der Waals surface area contributed by atoms with Crippen LogP contribution in [-0.4, -0.2) is 25.7 Å². The molecule has 3 rings (SSSR count). The first-order chi connectivity index (χ1) is 12.7. The van der Waals surface area contributed by atoms with E-state index < -0.39 is 5.91 Å². The molecule has 1 N–H and O–H groups in total. The van der Waals surface area contributed by atoms with Crippen LogP contribution in [0.1, 0.15) is 12.5 Å². The van der Waals surface area contributed by atoms with Crippen LogP contribution in [0.3, 0.4) is 0 Å². The number of carbonyl (C=O) groups is 1. The molecule has 0 fully saturated rings. The highest BCUT2D eigenvalue weighted by Crippen LogP contribution is 2.32. The van der Waals surface area contributed by atoms with Gasteiger partial charge >= 0.3 is 0 Å². The Balaban J connectivity index is 1.73. The van der Waals surface area contributed by atoms with Gasteiger partial charge in [-0.25, -0.2) is 0 Å². The van der Waals surface area contributed by atoms with Gasteiger partial charge in [0, 0.05) is 11.8 Å². The van der Waals surface area contributed by atoms with Crippen molar-refractivity contribution < 1.29 is 19.0 Å². The van der Waals surface area contributed by atoms with Gasteiger partial charge in [0.2, 0.25) is 0 Å². The summed E-state index contributed by atoms with van der Waals surface area (Å²) in [5.74, 6) is 1.46. The number of hydrogen-bond donors (Lipinski definition) is 1. The summed E-state index contributed by atoms with van der Waals surface area (Å²) in [6.45, 7) is 3.45. The molecule has 0 radical (unpaired) electrons. The Morgan fingerprint density at radius 2 is 1.92 bits per heavy atom. The Labute approximate surface area is 151 Å². The first-order valence-corrected chi connectivity index (χ1v) is 8.25. The molecule has 0 saturated heterocycles. The number of amides is 1. The zero-order valence-electron chi connectivity index (χ0n) is 14.3. The van der Waals surface area contributed by atoms with Crippen molar-refractivity contribution in [2.45, 2.75) is 6.92 Å². The molecule has 6 heteroatoms. The molecule has 1 aliphatic rings. The fourth-order valence-corrected chi connectivity index (χ4v) is 2.46. The highest BCUT2D eigenvalue weighted by atomic mass is 16.6. The Hall–Kier alpha value is -3.46. The van der Waals surface area contributed by atoms with E-state index in [1.165, 1.54) is 6.08 Å². The molecule has 1 aliphatic heterocycles. The average Bonchev–Trinajstić information content (AvgIpc) is 2.67. The van der Waals surface area contributed by atoms with E-state index in [4.69, 9.17) is 14.2 Å². The lowest BCUT2D eigenvalue weighted by Gasteiger charge is -2.18. The quantitative estimate of drug-likeness (QED) is 0.660. The van der Waals surface area contributed by atoms with E-state index in [-0.39, 0.29) is 5.57 Å². The van der Waals surface area contributed by atoms with E-state index in [2.05, 4.69) is 5.32 Å². The third-order valence-corrected chi connectivity index (χ3v) is 3.67. The predicted octanol–water partition coefficient (Wildman–Crippen LogP) is 3.40. The number of ether oxygens (including phenoxy) is 3. The van der Waals surface area contributed by atoms with Crippen LogP contribution in [0, 0.1) is 11.3 Å². The lowest BCUT2D eigenvalue weighted by atomic mass is 10.1. The molecule has 1 heterocycles. The Morgan fingerprint density at radius 3 is 2.62 bits per heavy atom. The second kappa shape index (κ2) is 8.08. The van der Waals surface area contributed by atoms with E-state index >= 15 is 0 Å². The van der Waals surface area contributed by atoms with Crippen molar-refractivity contribution in [2.24, 2.45) is 0 Å². The van der Waals surface area contributed by atoms with Gasteiger partial charge in [-0.05, 0) is 42.8 Å². The highest BCUT2D eigenvalue weighted by Gasteiger charge is 2.14. The van der Waals surface area contributed by atoms with Gasteiger partial charge in [-0.2, -0.15) is 5.26 Å². The molecule has 0 atom stereocenters. The van der Waals surface area contributed by atoms with Gasteiger partial charge in [0.15, 0.2) is 11.5 Å². The molecule has 0 spiro atoms. The maximum Gasteiger partial charge on any atom is 0.266 e. The third kappa shape index (κ3) is 4.14. The van der Waals surface area contributed by atoms with Crippen LogP contribution in [0.5, 0.6) is 17.2 Å². The van der Waals surface area contributed by atoms with Crippen LogP contribution in [0.15, 0.2) is 48.0 Å². The summed E-state index contributed by atoms with van der Waals surface area (Å²) in [6.07, 6.45) is 1.53. The first kappa shape index (κ1) is 17.4. The molecule has 26 heavy (non-hydrogen) atoms. The van der Waals surface area contributed by atoms with Gasteiger partial charge in [0.25, 0.3) is 5.91 Å². The number of nitriles is 1. The van der Waals surface area contributed by atoms with Crippen LogP contribution in [0.2, 0.25) is 0 Å². The van der Waals surface area contributed by atoms with Crippen LogP contribution < -0.4 is 19.5 Å². The Morgan fingerprint density at radius 1 is 1.19 bits per heavy atom. The molecule has 2 aromatic carbocycles. The second-order valence-electron chi connectivity index (χ2n) is 5.48. The number of fused-ring (bicyclic) bond motifs is 1. The standard InChI is InChI=1S/C20H18N2O4/c1-2-24-17-6-3-14(4-7-17)11-15(13-21)20(23)22-16-5-8-18-19(12-16)26-10-9-25-18/h3-8,11-12H,2,9-10H2,1H3,(H,22,23)/b15-11+. The fourth-order valence-electron chi connectivity index (χ4n) is 2.46. The number of nitrogens with one attached hydrogen (secondary N) is 1. The topological polar surface area (TPSA) is 80.6 Å². The maximum absolute atomic E-state index is 12.4. The minimum atomic E-state index is -0.488. The molecular weight excluding hydrogens is 332 g/mol. The van der Waals surface area contributed by atoms with E-state index in [1.54, 1.807) is 42.5 Å². The summed E-state index contributed by atoms with van der Waals surface area (Å²) in [7, 11) is 0. The van der Waals surface area contributed by atoms with Crippen LogP contribution in [0.25, 0.3) is 6.08 Å². The number of carbonyl (C=O) groups excluding carboxylic acids is 1. The van der Waals surface area contributed by atoms with Crippen molar-refractivity contribution >= 4 is 17.7 Å². The van der Waals surface area contributed by atoms with E-state index in [0.717, 1.165) is 11.3 Å². The summed E-state index contributed by atoms with van der Waals surface area (Å²) in [4.78, 5) is 12.4. The zero-order valence-corrected chi connectivity index (χ0v) is 14.3. The maximum atomic E-state index is 12.4. The smallest absolute Gasteiger partial charge is 0.266 e. The predicted molar refractivity (Wildman–Crippen MR) is 97.3 cm³/mol. The molecule has 6 nitrogen and oxygen atoms in total. The van der Waals surface area contributed by atoms with Crippen molar-refractivity contribution in [1.82, 2.24) is 0 Å². The van der Waals surface area contributed by atoms with E-state index in [0.29, 0.717) is 37.0 Å². The van der Waals surface area contributed by atoms with Crippen molar-refractivity contribution in [2.75, 3.05) is 25.1 Å². The number of rotatable bonds is 5. The highest BCUT2D eigenvalue weighted by molar-refractivity contribution is 6.09. The van der Waals surface area contributed by atoms with Gasteiger partial charge in [0.05, 0.1) is 6.61 Å². The normalized spacial score (nSPS) is 12.8. The zero-order chi connectivity index (χ0) is 18.4. The lowest BCUT2D eigenvalue weighted by Crippen LogP contribution is -2.17. The molecule has 1 amide bonds. The molecule has 0 saturated carbocycles. The van der Waals surface area contributed by atoms with Gasteiger partial charge in [-0.15, -0.1) is 0 Å². The van der Waals surface area contributed by atoms with Gasteiger partial charge in [-0.3, -0.25) is 4.79 Å². The minimum absolute atomic E-state index is 0.00375. The second-order valence-corrected chi connectivity index (χ2v) is 5.48. The van der Waals surface area contributed by atoms with Crippen molar-refractivity contribution in [3.05, 3.63) is 53.6 Å². The number of anilines is 1. The molecule has 0 unspecified atom stereocenters. The lowest BCUT2D eigenvalue weighted by molar-refractivity contribution is -0.112. The molecule has 132 valence electrons. The Bertz CT molecular complexity index is 866. The Kier molecular flexibility index (Phi) is 5.40. The van der Waals surface area contributed by atoms with E-state index in [1.807, 2.05) is 13.0 Å². The molecule has 0 bridgehead atoms. The minimum Gasteiger partial charge on any atom is -0.494 e. The summed E-state index contributed by atoms with van der Waals surface area (Å²) in [6, 6.07) is 14.2. The van der Waals surface area contributed by atoms with Crippen LogP contribution in [0.4, 0.5) is 5.69 Å². The monoisotopic (exact) mass is 350 g/mol. The van der Waals surface area contributed by atoms with Crippen molar-refractivity contribution in [3.63, 3.8) is 0 Å². The number of nitrogens with zero attached hydrogens (tertiary/aromatic N) is 1. The molecule has 0 aliphatic carbocycles. The number of hydrogen-bond acceptors (Lipinski definition) is 5. The van der Waals surface area contributed by atoms with Crippen LogP contribution >= 0.6 is 0 Å². The van der Waals surface area contributed by atoms with E-state index in [9.17, 15) is 10.1 Å². The van der Waals surface area contributed by atoms with Crippen molar-refractivity contribution in [1.29, 1.82) is 5.26 Å². The molecule has 2 aromatic rings. The average molecular weight is 350 g/mol.